The summed E-state index contributed by atoms with van der Waals surface area (Å²) in [6.45, 7) is 5.07. The summed E-state index contributed by atoms with van der Waals surface area (Å²) in [4.78, 5) is 24.4. The van der Waals surface area contributed by atoms with Crippen LogP contribution >= 0.6 is 11.6 Å². The molecule has 2 aromatic carbocycles. The van der Waals surface area contributed by atoms with E-state index in [9.17, 15) is 22.4 Å². The molecule has 7 nitrogen and oxygen atoms in total. The number of anilines is 1. The number of amides is 1. The van der Waals surface area contributed by atoms with Gasteiger partial charge < -0.3 is 10.1 Å². The quantitative estimate of drug-likeness (QED) is 0.611. The second kappa shape index (κ2) is 10.0. The highest BCUT2D eigenvalue weighted by Gasteiger charge is 2.26. The number of rotatable bonds is 8. The zero-order valence-corrected chi connectivity index (χ0v) is 18.3. The highest BCUT2D eigenvalue weighted by molar-refractivity contribution is 7.89. The number of esters is 1. The van der Waals surface area contributed by atoms with E-state index in [2.05, 4.69) is 5.32 Å². The van der Waals surface area contributed by atoms with E-state index < -0.39 is 39.4 Å². The molecule has 10 heteroatoms. The Morgan fingerprint density at radius 1 is 1.17 bits per heavy atom. The van der Waals surface area contributed by atoms with Crippen molar-refractivity contribution in [3.8, 4) is 0 Å². The lowest BCUT2D eigenvalue weighted by atomic mass is 10.2. The third-order valence-corrected chi connectivity index (χ3v) is 6.66. The molecule has 0 heterocycles. The zero-order chi connectivity index (χ0) is 22.5. The normalized spacial score (nSPS) is 12.5. The molecule has 0 aliphatic rings. The number of carbonyl (C=O) groups is 2. The van der Waals surface area contributed by atoms with E-state index in [1.54, 1.807) is 38.1 Å². The standard InChI is InChI=1S/C20H22ClFN2O5S/c1-4-24(5-2)30(27,28)14-10-11-17(22)15(12-14)20(26)29-13(3)19(25)23-18-9-7-6-8-16(18)21/h6-13H,4-5H2,1-3H3,(H,23,25). The number of halogens is 2. The van der Waals surface area contributed by atoms with Crippen molar-refractivity contribution in [2.45, 2.75) is 31.8 Å². The van der Waals surface area contributed by atoms with Gasteiger partial charge in [0.05, 0.1) is 21.2 Å². The fraction of sp³-hybridized carbons (Fsp3) is 0.300. The molecular weight excluding hydrogens is 435 g/mol. The molecule has 0 saturated carbocycles. The van der Waals surface area contributed by atoms with Crippen LogP contribution in [0.15, 0.2) is 47.4 Å². The first-order chi connectivity index (χ1) is 14.1. The van der Waals surface area contributed by atoms with Crippen molar-refractivity contribution in [3.05, 3.63) is 58.9 Å². The number of ether oxygens (including phenoxy) is 1. The van der Waals surface area contributed by atoms with Crippen LogP contribution in [-0.2, 0) is 19.6 Å². The van der Waals surface area contributed by atoms with Gasteiger partial charge in [-0.2, -0.15) is 4.31 Å². The number of benzene rings is 2. The van der Waals surface area contributed by atoms with Gasteiger partial charge in [-0.1, -0.05) is 37.6 Å². The second-order valence-electron chi connectivity index (χ2n) is 6.25. The van der Waals surface area contributed by atoms with Crippen LogP contribution in [0.2, 0.25) is 5.02 Å². The van der Waals surface area contributed by atoms with Crippen molar-refractivity contribution in [1.29, 1.82) is 0 Å². The molecular formula is C20H22ClFN2O5S. The van der Waals surface area contributed by atoms with Gasteiger partial charge in [-0.05, 0) is 37.3 Å². The van der Waals surface area contributed by atoms with Gasteiger partial charge in [0.25, 0.3) is 5.91 Å². The SMILES string of the molecule is CCN(CC)S(=O)(=O)c1ccc(F)c(C(=O)OC(C)C(=O)Nc2ccccc2Cl)c1. The average molecular weight is 457 g/mol. The minimum atomic E-state index is -3.90. The first-order valence-electron chi connectivity index (χ1n) is 9.17. The fourth-order valence-corrected chi connectivity index (χ4v) is 4.28. The molecule has 1 atom stereocenters. The number of nitrogens with one attached hydrogen (secondary N) is 1. The molecule has 1 unspecified atom stereocenters. The average Bonchev–Trinajstić information content (AvgIpc) is 2.70. The molecule has 2 aromatic rings. The smallest absolute Gasteiger partial charge is 0.341 e. The number of hydrogen-bond donors (Lipinski definition) is 1. The summed E-state index contributed by atoms with van der Waals surface area (Å²) in [7, 11) is -3.90. The lowest BCUT2D eigenvalue weighted by Crippen LogP contribution is -2.31. The number of carbonyl (C=O) groups excluding carboxylic acids is 2. The Kier molecular flexibility index (Phi) is 7.94. The molecule has 1 amide bonds. The molecule has 0 aliphatic heterocycles. The molecule has 0 aliphatic carbocycles. The number of nitrogens with zero attached hydrogens (tertiary/aromatic N) is 1. The summed E-state index contributed by atoms with van der Waals surface area (Å²) < 4.78 is 45.6. The Labute approximate surface area is 179 Å². The summed E-state index contributed by atoms with van der Waals surface area (Å²) >= 11 is 5.97. The molecule has 0 aromatic heterocycles. The topological polar surface area (TPSA) is 92.8 Å². The maximum absolute atomic E-state index is 14.2. The van der Waals surface area contributed by atoms with E-state index in [0.717, 1.165) is 18.2 Å². The van der Waals surface area contributed by atoms with Gasteiger partial charge in [-0.15, -0.1) is 0 Å². The maximum atomic E-state index is 14.2. The molecule has 162 valence electrons. The molecule has 0 radical (unpaired) electrons. The Morgan fingerprint density at radius 2 is 1.80 bits per heavy atom. The van der Waals surface area contributed by atoms with Gasteiger partial charge in [0, 0.05) is 13.1 Å². The van der Waals surface area contributed by atoms with E-state index in [4.69, 9.17) is 16.3 Å². The summed E-state index contributed by atoms with van der Waals surface area (Å²) in [6, 6.07) is 9.35. The lowest BCUT2D eigenvalue weighted by molar-refractivity contribution is -0.123. The molecule has 1 N–H and O–H groups in total. The van der Waals surface area contributed by atoms with Crippen LogP contribution in [0.4, 0.5) is 10.1 Å². The van der Waals surface area contributed by atoms with Crippen molar-refractivity contribution in [3.63, 3.8) is 0 Å². The van der Waals surface area contributed by atoms with Crippen molar-refractivity contribution in [1.82, 2.24) is 4.31 Å². The molecule has 2 rings (SSSR count). The Hall–Kier alpha value is -2.49. The molecule has 30 heavy (non-hydrogen) atoms. The second-order valence-corrected chi connectivity index (χ2v) is 8.59. The van der Waals surface area contributed by atoms with Gasteiger partial charge in [0.15, 0.2) is 6.10 Å². The van der Waals surface area contributed by atoms with E-state index in [-0.39, 0.29) is 18.0 Å². The minimum absolute atomic E-state index is 0.218. The van der Waals surface area contributed by atoms with Gasteiger partial charge >= 0.3 is 5.97 Å². The van der Waals surface area contributed by atoms with Crippen molar-refractivity contribution in [2.75, 3.05) is 18.4 Å². The molecule has 0 bridgehead atoms. The van der Waals surface area contributed by atoms with Crippen LogP contribution in [0.25, 0.3) is 0 Å². The molecule has 0 saturated heterocycles. The van der Waals surface area contributed by atoms with Crippen LogP contribution < -0.4 is 5.32 Å². The van der Waals surface area contributed by atoms with Gasteiger partial charge in [-0.3, -0.25) is 4.79 Å². The first-order valence-corrected chi connectivity index (χ1v) is 11.0. The number of hydrogen-bond acceptors (Lipinski definition) is 5. The number of para-hydroxylation sites is 1. The Balaban J connectivity index is 2.20. The summed E-state index contributed by atoms with van der Waals surface area (Å²) in [6.07, 6.45) is -1.28. The maximum Gasteiger partial charge on any atom is 0.341 e. The fourth-order valence-electron chi connectivity index (χ4n) is 2.61. The van der Waals surface area contributed by atoms with Crippen molar-refractivity contribution in [2.24, 2.45) is 0 Å². The molecule has 0 spiro atoms. The van der Waals surface area contributed by atoms with E-state index >= 15 is 0 Å². The highest BCUT2D eigenvalue weighted by atomic mass is 35.5. The van der Waals surface area contributed by atoms with Crippen LogP contribution in [-0.4, -0.2) is 43.8 Å². The Morgan fingerprint density at radius 3 is 2.40 bits per heavy atom. The van der Waals surface area contributed by atoms with Crippen LogP contribution in [0.3, 0.4) is 0 Å². The van der Waals surface area contributed by atoms with Crippen LogP contribution in [0.1, 0.15) is 31.1 Å². The third-order valence-electron chi connectivity index (χ3n) is 4.29. The van der Waals surface area contributed by atoms with Crippen LogP contribution in [0, 0.1) is 5.82 Å². The monoisotopic (exact) mass is 456 g/mol. The lowest BCUT2D eigenvalue weighted by Gasteiger charge is -2.19. The van der Waals surface area contributed by atoms with Gasteiger partial charge in [-0.25, -0.2) is 17.6 Å². The summed E-state index contributed by atoms with van der Waals surface area (Å²) in [5.74, 6) is -2.80. The van der Waals surface area contributed by atoms with Crippen molar-refractivity contribution >= 4 is 39.2 Å². The third kappa shape index (κ3) is 5.35. The van der Waals surface area contributed by atoms with E-state index in [1.807, 2.05) is 0 Å². The number of sulfonamides is 1. The predicted molar refractivity (Wildman–Crippen MR) is 111 cm³/mol. The zero-order valence-electron chi connectivity index (χ0n) is 16.7. The first kappa shape index (κ1) is 23.8. The van der Waals surface area contributed by atoms with Gasteiger partial charge in [0.2, 0.25) is 10.0 Å². The highest BCUT2D eigenvalue weighted by Crippen LogP contribution is 2.22. The van der Waals surface area contributed by atoms with Crippen LogP contribution in [0.5, 0.6) is 0 Å². The molecule has 0 fully saturated rings. The summed E-state index contributed by atoms with van der Waals surface area (Å²) in [5, 5.41) is 2.80. The minimum Gasteiger partial charge on any atom is -0.449 e. The van der Waals surface area contributed by atoms with E-state index in [0.29, 0.717) is 10.7 Å². The van der Waals surface area contributed by atoms with E-state index in [1.165, 1.54) is 11.2 Å². The largest absolute Gasteiger partial charge is 0.449 e. The predicted octanol–water partition coefficient (Wildman–Crippen LogP) is 3.69. The summed E-state index contributed by atoms with van der Waals surface area (Å²) in [5.41, 5.74) is -0.258. The Bertz CT molecular complexity index is 1040. The van der Waals surface area contributed by atoms with Crippen molar-refractivity contribution < 1.29 is 27.1 Å². The van der Waals surface area contributed by atoms with Gasteiger partial charge in [0.1, 0.15) is 5.82 Å².